The molecule has 0 aromatic heterocycles. The van der Waals surface area contributed by atoms with Crippen LogP contribution in [0.15, 0.2) is 24.3 Å². The van der Waals surface area contributed by atoms with Gasteiger partial charge in [-0.2, -0.15) is 0 Å². The zero-order valence-electron chi connectivity index (χ0n) is 8.03. The van der Waals surface area contributed by atoms with Crippen molar-refractivity contribution in [1.82, 2.24) is 4.90 Å². The zero-order valence-corrected chi connectivity index (χ0v) is 8.79. The molecule has 0 unspecified atom stereocenters. The van der Waals surface area contributed by atoms with Gasteiger partial charge in [0.25, 0.3) is 0 Å². The summed E-state index contributed by atoms with van der Waals surface area (Å²) in [5, 5.41) is 0.671. The number of carbonyl (C=O) groups is 1. The monoisotopic (exact) mass is 212 g/mol. The molecule has 1 aromatic carbocycles. The Morgan fingerprint density at radius 1 is 1.50 bits per heavy atom. The van der Waals surface area contributed by atoms with Crippen LogP contribution in [0.3, 0.4) is 0 Å². The van der Waals surface area contributed by atoms with Gasteiger partial charge in [0.1, 0.15) is 0 Å². The lowest BCUT2D eigenvalue weighted by atomic mass is 10.2. The smallest absolute Gasteiger partial charge is 0.236 e. The van der Waals surface area contributed by atoms with Gasteiger partial charge in [-0.25, -0.2) is 0 Å². The average molecular weight is 213 g/mol. The fraction of sp³-hybridized carbons (Fsp3) is 0.300. The number of hydrogen-bond acceptors (Lipinski definition) is 2. The first-order chi connectivity index (χ1) is 6.65. The summed E-state index contributed by atoms with van der Waals surface area (Å²) in [5.41, 5.74) is 6.17. The minimum Gasteiger partial charge on any atom is -0.340 e. The van der Waals surface area contributed by atoms with Crippen LogP contribution in [-0.4, -0.2) is 24.4 Å². The number of halogens is 1. The van der Waals surface area contributed by atoms with Crippen LogP contribution in [0.4, 0.5) is 0 Å². The summed E-state index contributed by atoms with van der Waals surface area (Å²) in [7, 11) is 1.71. The second-order valence-electron chi connectivity index (χ2n) is 3.05. The quantitative estimate of drug-likeness (QED) is 0.820. The maximum Gasteiger partial charge on any atom is 0.236 e. The van der Waals surface area contributed by atoms with Crippen molar-refractivity contribution in [2.45, 2.75) is 6.54 Å². The van der Waals surface area contributed by atoms with Gasteiger partial charge in [0.2, 0.25) is 5.91 Å². The molecular formula is C10H13ClN2O. The highest BCUT2D eigenvalue weighted by Gasteiger charge is 2.08. The molecule has 0 radical (unpaired) electrons. The molecule has 3 nitrogen and oxygen atoms in total. The van der Waals surface area contributed by atoms with E-state index in [4.69, 9.17) is 17.3 Å². The van der Waals surface area contributed by atoms with E-state index < -0.39 is 0 Å². The number of benzene rings is 1. The lowest BCUT2D eigenvalue weighted by Gasteiger charge is -2.16. The normalized spacial score (nSPS) is 9.93. The van der Waals surface area contributed by atoms with Crippen molar-refractivity contribution in [3.8, 4) is 0 Å². The molecule has 0 heterocycles. The summed E-state index contributed by atoms with van der Waals surface area (Å²) < 4.78 is 0. The number of nitrogens with two attached hydrogens (primary N) is 1. The third-order valence-corrected chi connectivity index (χ3v) is 2.33. The molecule has 0 aliphatic rings. The largest absolute Gasteiger partial charge is 0.340 e. The first kappa shape index (κ1) is 11.0. The molecule has 4 heteroatoms. The lowest BCUT2D eigenvalue weighted by Crippen LogP contribution is -2.32. The molecule has 1 aromatic rings. The highest BCUT2D eigenvalue weighted by Crippen LogP contribution is 2.16. The lowest BCUT2D eigenvalue weighted by molar-refractivity contribution is -0.128. The second-order valence-corrected chi connectivity index (χ2v) is 3.45. The number of nitrogens with zero attached hydrogens (tertiary/aromatic N) is 1. The topological polar surface area (TPSA) is 46.3 Å². The van der Waals surface area contributed by atoms with Gasteiger partial charge in [-0.3, -0.25) is 4.79 Å². The van der Waals surface area contributed by atoms with Crippen molar-refractivity contribution < 1.29 is 4.79 Å². The Labute approximate surface area is 88.5 Å². The Balaban J connectivity index is 2.69. The zero-order chi connectivity index (χ0) is 10.6. The second kappa shape index (κ2) is 4.98. The molecule has 76 valence electrons. The van der Waals surface area contributed by atoms with Crippen molar-refractivity contribution in [2.75, 3.05) is 13.6 Å². The van der Waals surface area contributed by atoms with Crippen molar-refractivity contribution in [3.05, 3.63) is 34.9 Å². The number of likely N-dealkylation sites (N-methyl/N-ethyl adjacent to an activating group) is 1. The Morgan fingerprint density at radius 2 is 2.14 bits per heavy atom. The van der Waals surface area contributed by atoms with Crippen LogP contribution < -0.4 is 5.73 Å². The van der Waals surface area contributed by atoms with E-state index in [0.717, 1.165) is 5.56 Å². The molecule has 0 aliphatic heterocycles. The molecule has 1 amide bonds. The van der Waals surface area contributed by atoms with Gasteiger partial charge >= 0.3 is 0 Å². The van der Waals surface area contributed by atoms with Crippen LogP contribution in [0.5, 0.6) is 0 Å². The number of carbonyl (C=O) groups excluding carboxylic acids is 1. The third kappa shape index (κ3) is 2.72. The fourth-order valence-electron chi connectivity index (χ4n) is 1.13. The van der Waals surface area contributed by atoms with Crippen LogP contribution in [0, 0.1) is 0 Å². The molecule has 0 atom stereocenters. The van der Waals surface area contributed by atoms with E-state index in [9.17, 15) is 4.79 Å². The van der Waals surface area contributed by atoms with Crippen molar-refractivity contribution in [2.24, 2.45) is 5.73 Å². The van der Waals surface area contributed by atoms with Gasteiger partial charge in [0, 0.05) is 18.6 Å². The Morgan fingerprint density at radius 3 is 2.71 bits per heavy atom. The molecule has 14 heavy (non-hydrogen) atoms. The predicted molar refractivity (Wildman–Crippen MR) is 57.0 cm³/mol. The molecule has 1 rings (SSSR count). The van der Waals surface area contributed by atoms with Crippen molar-refractivity contribution in [3.63, 3.8) is 0 Å². The highest BCUT2D eigenvalue weighted by molar-refractivity contribution is 6.31. The Hall–Kier alpha value is -1.06. The van der Waals surface area contributed by atoms with E-state index >= 15 is 0 Å². The summed E-state index contributed by atoms with van der Waals surface area (Å²) >= 11 is 5.95. The summed E-state index contributed by atoms with van der Waals surface area (Å²) in [6.45, 7) is 0.524. The number of amides is 1. The fourth-order valence-corrected chi connectivity index (χ4v) is 1.32. The van der Waals surface area contributed by atoms with Crippen molar-refractivity contribution in [1.29, 1.82) is 0 Å². The molecule has 0 aliphatic carbocycles. The standard InChI is InChI=1S/C10H13ClN2O/c1-13(10(14)6-12)7-8-4-2-3-5-9(8)11/h2-5H,6-7,12H2,1H3. The first-order valence-electron chi connectivity index (χ1n) is 4.32. The van der Waals surface area contributed by atoms with Gasteiger partial charge in [0.15, 0.2) is 0 Å². The van der Waals surface area contributed by atoms with Gasteiger partial charge < -0.3 is 10.6 Å². The van der Waals surface area contributed by atoms with E-state index in [2.05, 4.69) is 0 Å². The molecule has 0 saturated carbocycles. The van der Waals surface area contributed by atoms with Crippen LogP contribution >= 0.6 is 11.6 Å². The van der Waals surface area contributed by atoms with Gasteiger partial charge in [-0.05, 0) is 11.6 Å². The van der Waals surface area contributed by atoms with Crippen LogP contribution in [-0.2, 0) is 11.3 Å². The number of hydrogen-bond donors (Lipinski definition) is 1. The van der Waals surface area contributed by atoms with E-state index in [1.807, 2.05) is 18.2 Å². The van der Waals surface area contributed by atoms with Crippen LogP contribution in [0.25, 0.3) is 0 Å². The summed E-state index contributed by atoms with van der Waals surface area (Å²) in [4.78, 5) is 12.7. The molecule has 0 spiro atoms. The Bertz CT molecular complexity index is 328. The van der Waals surface area contributed by atoms with Gasteiger partial charge in [-0.1, -0.05) is 29.8 Å². The number of rotatable bonds is 3. The summed E-state index contributed by atoms with van der Waals surface area (Å²) in [6, 6.07) is 7.44. The molecule has 2 N–H and O–H groups in total. The molecule has 0 fully saturated rings. The Kier molecular flexibility index (Phi) is 3.92. The molecular weight excluding hydrogens is 200 g/mol. The van der Waals surface area contributed by atoms with Gasteiger partial charge in [-0.15, -0.1) is 0 Å². The van der Waals surface area contributed by atoms with E-state index in [-0.39, 0.29) is 12.5 Å². The maximum atomic E-state index is 11.2. The highest BCUT2D eigenvalue weighted by atomic mass is 35.5. The van der Waals surface area contributed by atoms with Crippen LogP contribution in [0.2, 0.25) is 5.02 Å². The minimum atomic E-state index is -0.0927. The molecule has 0 bridgehead atoms. The van der Waals surface area contributed by atoms with E-state index in [1.54, 1.807) is 18.0 Å². The predicted octanol–water partition coefficient (Wildman–Crippen LogP) is 1.26. The minimum absolute atomic E-state index is 0.0287. The van der Waals surface area contributed by atoms with E-state index in [1.165, 1.54) is 0 Å². The maximum absolute atomic E-state index is 11.2. The first-order valence-corrected chi connectivity index (χ1v) is 4.70. The van der Waals surface area contributed by atoms with Crippen LogP contribution in [0.1, 0.15) is 5.56 Å². The third-order valence-electron chi connectivity index (χ3n) is 1.97. The average Bonchev–Trinajstić information content (AvgIpc) is 2.20. The summed E-state index contributed by atoms with van der Waals surface area (Å²) in [5.74, 6) is -0.0927. The van der Waals surface area contributed by atoms with Gasteiger partial charge in [0.05, 0.1) is 6.54 Å². The summed E-state index contributed by atoms with van der Waals surface area (Å²) in [6.07, 6.45) is 0. The van der Waals surface area contributed by atoms with Crippen molar-refractivity contribution >= 4 is 17.5 Å². The van der Waals surface area contributed by atoms with E-state index in [0.29, 0.717) is 11.6 Å². The SMILES string of the molecule is CN(Cc1ccccc1Cl)C(=O)CN. The molecule has 0 saturated heterocycles.